The zero-order chi connectivity index (χ0) is 14.6. The Morgan fingerprint density at radius 2 is 1.25 bits per heavy atom. The fourth-order valence-electron chi connectivity index (χ4n) is 2.45. The molecule has 0 saturated heterocycles. The maximum Gasteiger partial charge on any atom is 0.153 e. The van der Waals surface area contributed by atoms with E-state index in [-0.39, 0.29) is 5.92 Å². The lowest BCUT2D eigenvalue weighted by Gasteiger charge is -2.27. The summed E-state index contributed by atoms with van der Waals surface area (Å²) in [6.07, 6.45) is 0.853. The molecule has 2 aromatic carbocycles. The fourth-order valence-corrected chi connectivity index (χ4v) is 5.68. The van der Waals surface area contributed by atoms with Crippen LogP contribution in [0.4, 0.5) is 0 Å². The largest absolute Gasteiger partial charge is 0.313 e. The second-order valence-corrected chi connectivity index (χ2v) is 8.14. The van der Waals surface area contributed by atoms with Crippen molar-refractivity contribution >= 4 is 24.0 Å². The summed E-state index contributed by atoms with van der Waals surface area (Å²) in [6, 6.07) is 18.7. The van der Waals surface area contributed by atoms with Gasteiger partial charge in [0.1, 0.15) is 6.29 Å². The van der Waals surface area contributed by atoms with Crippen molar-refractivity contribution in [3.8, 4) is 0 Å². The summed E-state index contributed by atoms with van der Waals surface area (Å²) in [5.74, 6) is 0.0266. The molecule has 0 amide bonds. The topological polar surface area (TPSA) is 34.1 Å². The molecule has 0 radical (unpaired) electrons. The first kappa shape index (κ1) is 14.7. The highest BCUT2D eigenvalue weighted by molar-refractivity contribution is 7.80. The predicted octanol–water partition coefficient (Wildman–Crippen LogP) is 3.22. The van der Waals surface area contributed by atoms with Crippen LogP contribution in [0.3, 0.4) is 0 Å². The van der Waals surface area contributed by atoms with Gasteiger partial charge < -0.3 is 9.36 Å². The molecule has 0 saturated carbocycles. The molecular weight excluding hydrogens is 267 g/mol. The minimum atomic E-state index is -2.96. The highest BCUT2D eigenvalue weighted by Crippen LogP contribution is 2.50. The Morgan fingerprint density at radius 3 is 1.55 bits per heavy atom. The number of rotatable bonds is 5. The second-order valence-electron chi connectivity index (χ2n) is 5.20. The Labute approximate surface area is 120 Å². The Hall–Kier alpha value is -1.66. The van der Waals surface area contributed by atoms with Crippen LogP contribution in [-0.4, -0.2) is 11.9 Å². The van der Waals surface area contributed by atoms with Gasteiger partial charge in [0.05, 0.1) is 5.66 Å². The number of hydrogen-bond donors (Lipinski definition) is 0. The van der Waals surface area contributed by atoms with E-state index in [1.54, 1.807) is 0 Å². The third-order valence-electron chi connectivity index (χ3n) is 3.52. The molecule has 104 valence electrons. The van der Waals surface area contributed by atoms with Crippen LogP contribution in [0.1, 0.15) is 13.8 Å². The molecule has 2 aromatic rings. The van der Waals surface area contributed by atoms with Crippen molar-refractivity contribution in [1.29, 1.82) is 0 Å². The van der Waals surface area contributed by atoms with Crippen molar-refractivity contribution in [3.63, 3.8) is 0 Å². The fraction of sp³-hybridized carbons (Fsp3) is 0.235. The summed E-state index contributed by atoms with van der Waals surface area (Å²) >= 11 is 0. The van der Waals surface area contributed by atoms with Gasteiger partial charge in [-0.05, 0) is 5.92 Å². The first-order chi connectivity index (χ1) is 9.60. The lowest BCUT2D eigenvalue weighted by Crippen LogP contribution is -2.30. The van der Waals surface area contributed by atoms with Gasteiger partial charge in [0, 0.05) is 10.6 Å². The van der Waals surface area contributed by atoms with Gasteiger partial charge in [0.2, 0.25) is 0 Å². The van der Waals surface area contributed by atoms with Crippen LogP contribution in [0.25, 0.3) is 0 Å². The highest BCUT2D eigenvalue weighted by Gasteiger charge is 2.38. The van der Waals surface area contributed by atoms with Crippen LogP contribution in [-0.2, 0) is 9.36 Å². The minimum Gasteiger partial charge on any atom is -0.313 e. The summed E-state index contributed by atoms with van der Waals surface area (Å²) in [6.45, 7) is 3.88. The predicted molar refractivity (Wildman–Crippen MR) is 84.4 cm³/mol. The van der Waals surface area contributed by atoms with Gasteiger partial charge in [-0.3, -0.25) is 0 Å². The molecule has 2 rings (SSSR count). The first-order valence-electron chi connectivity index (χ1n) is 6.77. The smallest absolute Gasteiger partial charge is 0.153 e. The molecule has 0 N–H and O–H groups in total. The third kappa shape index (κ3) is 2.62. The Balaban J connectivity index is 2.67. The number of hydrogen-bond acceptors (Lipinski definition) is 2. The van der Waals surface area contributed by atoms with Crippen LogP contribution in [0.2, 0.25) is 0 Å². The molecule has 0 spiro atoms. The third-order valence-corrected chi connectivity index (χ3v) is 7.21. The van der Waals surface area contributed by atoms with E-state index < -0.39 is 12.8 Å². The zero-order valence-corrected chi connectivity index (χ0v) is 12.7. The van der Waals surface area contributed by atoms with E-state index in [4.69, 9.17) is 0 Å². The van der Waals surface area contributed by atoms with Crippen LogP contribution in [0.15, 0.2) is 60.7 Å². The number of aldehydes is 1. The second kappa shape index (κ2) is 6.19. The summed E-state index contributed by atoms with van der Waals surface area (Å²) in [5, 5.41) is 1.49. The molecule has 1 atom stereocenters. The molecule has 1 unspecified atom stereocenters. The molecule has 0 aromatic heterocycles. The summed E-state index contributed by atoms with van der Waals surface area (Å²) in [5.41, 5.74) is -0.493. The number of carbonyl (C=O) groups excluding carboxylic acids is 1. The first-order valence-corrected chi connectivity index (χ1v) is 8.54. The highest BCUT2D eigenvalue weighted by atomic mass is 31.2. The van der Waals surface area contributed by atoms with Gasteiger partial charge in [0.25, 0.3) is 0 Å². The number of benzene rings is 2. The molecule has 2 nitrogen and oxygen atoms in total. The molecule has 0 heterocycles. The molecule has 0 aliphatic rings. The normalized spacial score (nSPS) is 13.2. The average Bonchev–Trinajstić information content (AvgIpc) is 2.49. The number of carbonyl (C=O) groups is 1. The van der Waals surface area contributed by atoms with E-state index in [1.165, 1.54) is 0 Å². The maximum atomic E-state index is 13.8. The monoisotopic (exact) mass is 286 g/mol. The SMILES string of the molecule is CC(C)C(C=O)P(=O)(c1ccccc1)c1ccccc1. The van der Waals surface area contributed by atoms with E-state index in [0.29, 0.717) is 0 Å². The molecular formula is C17H19O2P. The molecule has 0 aliphatic carbocycles. The lowest BCUT2D eigenvalue weighted by atomic mass is 10.1. The van der Waals surface area contributed by atoms with Gasteiger partial charge in [0.15, 0.2) is 7.14 Å². The Kier molecular flexibility index (Phi) is 4.57. The van der Waals surface area contributed by atoms with Crippen LogP contribution >= 0.6 is 7.14 Å². The lowest BCUT2D eigenvalue weighted by molar-refractivity contribution is -0.108. The maximum absolute atomic E-state index is 13.8. The quantitative estimate of drug-likeness (QED) is 0.624. The molecule has 20 heavy (non-hydrogen) atoms. The summed E-state index contributed by atoms with van der Waals surface area (Å²) in [7, 11) is -2.96. The van der Waals surface area contributed by atoms with Gasteiger partial charge in [-0.15, -0.1) is 0 Å². The summed E-state index contributed by atoms with van der Waals surface area (Å²) < 4.78 is 13.8. The van der Waals surface area contributed by atoms with E-state index in [0.717, 1.165) is 16.9 Å². The Morgan fingerprint density at radius 1 is 0.850 bits per heavy atom. The van der Waals surface area contributed by atoms with Crippen molar-refractivity contribution in [2.45, 2.75) is 19.5 Å². The van der Waals surface area contributed by atoms with Crippen molar-refractivity contribution < 1.29 is 9.36 Å². The van der Waals surface area contributed by atoms with Gasteiger partial charge >= 0.3 is 0 Å². The minimum absolute atomic E-state index is 0.0266. The zero-order valence-electron chi connectivity index (χ0n) is 11.8. The van der Waals surface area contributed by atoms with Gasteiger partial charge in [-0.25, -0.2) is 0 Å². The van der Waals surface area contributed by atoms with Gasteiger partial charge in [-0.1, -0.05) is 74.5 Å². The van der Waals surface area contributed by atoms with E-state index in [1.807, 2.05) is 74.5 Å². The van der Waals surface area contributed by atoms with Crippen LogP contribution in [0, 0.1) is 5.92 Å². The van der Waals surface area contributed by atoms with Crippen molar-refractivity contribution in [1.82, 2.24) is 0 Å². The molecule has 3 heteroatoms. The van der Waals surface area contributed by atoms with Crippen LogP contribution < -0.4 is 10.6 Å². The Bertz CT molecular complexity index is 562. The van der Waals surface area contributed by atoms with E-state index >= 15 is 0 Å². The van der Waals surface area contributed by atoms with Gasteiger partial charge in [-0.2, -0.15) is 0 Å². The van der Waals surface area contributed by atoms with Crippen molar-refractivity contribution in [2.75, 3.05) is 0 Å². The van der Waals surface area contributed by atoms with E-state index in [2.05, 4.69) is 0 Å². The molecule has 0 bridgehead atoms. The van der Waals surface area contributed by atoms with Crippen molar-refractivity contribution in [3.05, 3.63) is 60.7 Å². The standard InChI is InChI=1S/C17H19O2P/c1-14(2)17(13-18)20(19,15-9-5-3-6-10-15)16-11-7-4-8-12-16/h3-14,17H,1-2H3. The summed E-state index contributed by atoms with van der Waals surface area (Å²) in [4.78, 5) is 11.6. The van der Waals surface area contributed by atoms with Crippen LogP contribution in [0.5, 0.6) is 0 Å². The van der Waals surface area contributed by atoms with Crippen molar-refractivity contribution in [2.24, 2.45) is 5.92 Å². The van der Waals surface area contributed by atoms with E-state index in [9.17, 15) is 9.36 Å². The molecule has 0 fully saturated rings. The molecule has 0 aliphatic heterocycles. The average molecular weight is 286 g/mol.